The minimum atomic E-state index is -0.0196. The van der Waals surface area contributed by atoms with E-state index in [2.05, 4.69) is 41.3 Å². The maximum atomic E-state index is 12.1. The molecule has 1 aliphatic rings. The van der Waals surface area contributed by atoms with E-state index in [1.807, 2.05) is 31.3 Å². The molecule has 1 aromatic carbocycles. The lowest BCUT2D eigenvalue weighted by atomic mass is 10.2. The molecule has 0 aliphatic carbocycles. The predicted octanol–water partition coefficient (Wildman–Crippen LogP) is 1.94. The van der Waals surface area contributed by atoms with Gasteiger partial charge in [-0.1, -0.05) is 28.1 Å². The molecule has 0 bridgehead atoms. The summed E-state index contributed by atoms with van der Waals surface area (Å²) in [7, 11) is 1.98. The number of nitrogens with zero attached hydrogens (tertiary/aromatic N) is 3. The summed E-state index contributed by atoms with van der Waals surface area (Å²) in [5.74, 6) is 1.35. The van der Waals surface area contributed by atoms with Gasteiger partial charge in [0, 0.05) is 10.0 Å². The van der Waals surface area contributed by atoms with E-state index in [9.17, 15) is 4.79 Å². The number of benzene rings is 1. The summed E-state index contributed by atoms with van der Waals surface area (Å²) in [5, 5.41) is 9.99. The van der Waals surface area contributed by atoms with Crippen molar-refractivity contribution in [2.45, 2.75) is 25.4 Å². The van der Waals surface area contributed by atoms with E-state index < -0.39 is 0 Å². The standard InChI is InChI=1S/C15H18BrN5O/c1-21-8-2-3-12(21)15(22)17-9-13-18-14(20-19-13)10-4-6-11(16)7-5-10/h4-7,12H,2-3,8-9H2,1H3,(H,17,22)(H,18,19,20). The lowest BCUT2D eigenvalue weighted by molar-refractivity contribution is -0.125. The molecule has 1 amide bonds. The van der Waals surface area contributed by atoms with Gasteiger partial charge < -0.3 is 5.32 Å². The van der Waals surface area contributed by atoms with Crippen molar-refractivity contribution in [3.8, 4) is 11.4 Å². The Hall–Kier alpha value is -1.73. The molecule has 116 valence electrons. The first kappa shape index (κ1) is 15.2. The van der Waals surface area contributed by atoms with Gasteiger partial charge in [-0.2, -0.15) is 5.10 Å². The average Bonchev–Trinajstić information content (AvgIpc) is 3.14. The van der Waals surface area contributed by atoms with Gasteiger partial charge in [0.25, 0.3) is 0 Å². The number of nitrogens with one attached hydrogen (secondary N) is 2. The number of likely N-dealkylation sites (tertiary alicyclic amines) is 1. The van der Waals surface area contributed by atoms with E-state index >= 15 is 0 Å². The van der Waals surface area contributed by atoms with Crippen LogP contribution in [0.4, 0.5) is 0 Å². The molecule has 6 nitrogen and oxygen atoms in total. The number of hydrogen-bond donors (Lipinski definition) is 2. The molecule has 2 heterocycles. The van der Waals surface area contributed by atoms with Crippen LogP contribution in [0.25, 0.3) is 11.4 Å². The number of H-pyrrole nitrogens is 1. The number of aromatic nitrogens is 3. The van der Waals surface area contributed by atoms with E-state index in [-0.39, 0.29) is 11.9 Å². The SMILES string of the molecule is CN1CCCC1C(=O)NCc1nc(-c2ccc(Br)cc2)n[nH]1. The topological polar surface area (TPSA) is 73.9 Å². The number of carbonyl (C=O) groups excluding carboxylic acids is 1. The number of aromatic amines is 1. The van der Waals surface area contributed by atoms with Crippen LogP contribution in [-0.4, -0.2) is 45.6 Å². The molecule has 7 heteroatoms. The molecule has 22 heavy (non-hydrogen) atoms. The van der Waals surface area contributed by atoms with Gasteiger partial charge in [-0.05, 0) is 38.6 Å². The van der Waals surface area contributed by atoms with E-state index in [1.165, 1.54) is 0 Å². The molecule has 0 saturated carbocycles. The van der Waals surface area contributed by atoms with Crippen molar-refractivity contribution >= 4 is 21.8 Å². The molecule has 1 aliphatic heterocycles. The predicted molar refractivity (Wildman–Crippen MR) is 87.0 cm³/mol. The van der Waals surface area contributed by atoms with Crippen LogP contribution in [0, 0.1) is 0 Å². The minimum Gasteiger partial charge on any atom is -0.347 e. The Balaban J connectivity index is 1.60. The third-order valence-electron chi connectivity index (χ3n) is 3.89. The van der Waals surface area contributed by atoms with Gasteiger partial charge >= 0.3 is 0 Å². The summed E-state index contributed by atoms with van der Waals surface area (Å²) in [5.41, 5.74) is 0.938. The normalized spacial score (nSPS) is 18.5. The Labute approximate surface area is 137 Å². The zero-order valence-electron chi connectivity index (χ0n) is 12.3. The maximum Gasteiger partial charge on any atom is 0.237 e. The van der Waals surface area contributed by atoms with Gasteiger partial charge in [-0.15, -0.1) is 0 Å². The van der Waals surface area contributed by atoms with Crippen molar-refractivity contribution in [1.29, 1.82) is 0 Å². The van der Waals surface area contributed by atoms with Crippen LogP contribution >= 0.6 is 15.9 Å². The second kappa shape index (κ2) is 6.58. The molecule has 1 fully saturated rings. The molecule has 1 saturated heterocycles. The Kier molecular flexibility index (Phi) is 4.54. The van der Waals surface area contributed by atoms with Gasteiger partial charge in [0.15, 0.2) is 5.82 Å². The van der Waals surface area contributed by atoms with Crippen molar-refractivity contribution in [2.24, 2.45) is 0 Å². The molecule has 2 aromatic rings. The maximum absolute atomic E-state index is 12.1. The molecule has 1 unspecified atom stereocenters. The summed E-state index contributed by atoms with van der Waals surface area (Å²) in [6.07, 6.45) is 1.99. The number of hydrogen-bond acceptors (Lipinski definition) is 4. The summed E-state index contributed by atoms with van der Waals surface area (Å²) < 4.78 is 1.01. The molecular formula is C15H18BrN5O. The Bertz CT molecular complexity index is 654. The first-order chi connectivity index (χ1) is 10.6. The highest BCUT2D eigenvalue weighted by atomic mass is 79.9. The van der Waals surface area contributed by atoms with Crippen LogP contribution in [0.5, 0.6) is 0 Å². The van der Waals surface area contributed by atoms with E-state index in [0.717, 1.165) is 29.4 Å². The van der Waals surface area contributed by atoms with Crippen LogP contribution < -0.4 is 5.32 Å². The second-order valence-electron chi connectivity index (χ2n) is 5.47. The first-order valence-electron chi connectivity index (χ1n) is 7.28. The molecule has 1 aromatic heterocycles. The number of likely N-dealkylation sites (N-methyl/N-ethyl adjacent to an activating group) is 1. The van der Waals surface area contributed by atoms with Crippen LogP contribution in [0.1, 0.15) is 18.7 Å². The highest BCUT2D eigenvalue weighted by molar-refractivity contribution is 9.10. The van der Waals surface area contributed by atoms with Gasteiger partial charge in [-0.3, -0.25) is 14.8 Å². The van der Waals surface area contributed by atoms with Crippen LogP contribution in [-0.2, 0) is 11.3 Å². The molecule has 1 atom stereocenters. The van der Waals surface area contributed by atoms with Crippen molar-refractivity contribution < 1.29 is 4.79 Å². The summed E-state index contributed by atoms with van der Waals surface area (Å²) in [6.45, 7) is 1.35. The molecule has 0 radical (unpaired) electrons. The fraction of sp³-hybridized carbons (Fsp3) is 0.400. The average molecular weight is 364 g/mol. The Morgan fingerprint density at radius 2 is 2.23 bits per heavy atom. The van der Waals surface area contributed by atoms with E-state index in [1.54, 1.807) is 0 Å². The van der Waals surface area contributed by atoms with Crippen molar-refractivity contribution in [1.82, 2.24) is 25.4 Å². The van der Waals surface area contributed by atoms with Crippen LogP contribution in [0.2, 0.25) is 0 Å². The van der Waals surface area contributed by atoms with Crippen LogP contribution in [0.15, 0.2) is 28.7 Å². The highest BCUT2D eigenvalue weighted by Crippen LogP contribution is 2.18. The van der Waals surface area contributed by atoms with Gasteiger partial charge in [0.1, 0.15) is 5.82 Å². The van der Waals surface area contributed by atoms with Crippen molar-refractivity contribution in [3.05, 3.63) is 34.6 Å². The number of rotatable bonds is 4. The molecular weight excluding hydrogens is 346 g/mol. The molecule has 2 N–H and O–H groups in total. The lowest BCUT2D eigenvalue weighted by Crippen LogP contribution is -2.41. The lowest BCUT2D eigenvalue weighted by Gasteiger charge is -2.18. The summed E-state index contributed by atoms with van der Waals surface area (Å²) >= 11 is 3.40. The minimum absolute atomic E-state index is 0.0196. The molecule has 3 rings (SSSR count). The second-order valence-corrected chi connectivity index (χ2v) is 6.38. The van der Waals surface area contributed by atoms with E-state index in [4.69, 9.17) is 0 Å². The molecule has 0 spiro atoms. The largest absolute Gasteiger partial charge is 0.347 e. The smallest absolute Gasteiger partial charge is 0.237 e. The van der Waals surface area contributed by atoms with Crippen molar-refractivity contribution in [3.63, 3.8) is 0 Å². The third-order valence-corrected chi connectivity index (χ3v) is 4.42. The monoisotopic (exact) mass is 363 g/mol. The van der Waals surface area contributed by atoms with Crippen molar-refractivity contribution in [2.75, 3.05) is 13.6 Å². The number of amides is 1. The van der Waals surface area contributed by atoms with Gasteiger partial charge in [-0.25, -0.2) is 4.98 Å². The quantitative estimate of drug-likeness (QED) is 0.870. The fourth-order valence-corrected chi connectivity index (χ4v) is 2.90. The Morgan fingerprint density at radius 1 is 1.45 bits per heavy atom. The number of carbonyl (C=O) groups is 1. The van der Waals surface area contributed by atoms with Crippen LogP contribution in [0.3, 0.4) is 0 Å². The first-order valence-corrected chi connectivity index (χ1v) is 8.08. The fourth-order valence-electron chi connectivity index (χ4n) is 2.63. The summed E-state index contributed by atoms with van der Waals surface area (Å²) in [4.78, 5) is 18.6. The Morgan fingerprint density at radius 3 is 2.91 bits per heavy atom. The zero-order chi connectivity index (χ0) is 15.5. The highest BCUT2D eigenvalue weighted by Gasteiger charge is 2.27. The third kappa shape index (κ3) is 3.36. The zero-order valence-corrected chi connectivity index (χ0v) is 13.9. The number of halogens is 1. The van der Waals surface area contributed by atoms with Gasteiger partial charge in [0.05, 0.1) is 12.6 Å². The van der Waals surface area contributed by atoms with Gasteiger partial charge in [0.2, 0.25) is 5.91 Å². The summed E-state index contributed by atoms with van der Waals surface area (Å²) in [6, 6.07) is 7.77. The van der Waals surface area contributed by atoms with E-state index in [0.29, 0.717) is 18.2 Å².